The first-order valence-electron chi connectivity index (χ1n) is 6.49. The Balaban J connectivity index is 1.83. The Hall–Kier alpha value is -0.860. The minimum Gasteiger partial charge on any atom is -0.326 e. The van der Waals surface area contributed by atoms with E-state index in [0.717, 1.165) is 12.5 Å². The predicted octanol–water partition coefficient (Wildman–Crippen LogP) is 2.62. The molecule has 2 nitrogen and oxygen atoms in total. The lowest BCUT2D eigenvalue weighted by Crippen LogP contribution is -2.51. The van der Waals surface area contributed by atoms with Gasteiger partial charge in [-0.2, -0.15) is 0 Å². The van der Waals surface area contributed by atoms with Crippen molar-refractivity contribution in [3.05, 3.63) is 35.4 Å². The van der Waals surface area contributed by atoms with Crippen molar-refractivity contribution in [2.24, 2.45) is 17.1 Å². The Kier molecular flexibility index (Phi) is 3.55. The summed E-state index contributed by atoms with van der Waals surface area (Å²) in [5.41, 5.74) is 8.66. The largest absolute Gasteiger partial charge is 0.326 e. The van der Waals surface area contributed by atoms with E-state index in [1.807, 2.05) is 0 Å². The van der Waals surface area contributed by atoms with Gasteiger partial charge in [-0.25, -0.2) is 0 Å². The molecule has 1 fully saturated rings. The van der Waals surface area contributed by atoms with Gasteiger partial charge in [-0.3, -0.25) is 4.90 Å². The Labute approximate surface area is 105 Å². The maximum atomic E-state index is 5.59. The normalized spacial score (nSPS) is 18.1. The summed E-state index contributed by atoms with van der Waals surface area (Å²) in [6.45, 7) is 11.2. The summed E-state index contributed by atoms with van der Waals surface area (Å²) in [5.74, 6) is 0.853. The fraction of sp³-hybridized carbons (Fsp3) is 0.600. The van der Waals surface area contributed by atoms with Crippen molar-refractivity contribution in [1.29, 1.82) is 0 Å². The fourth-order valence-corrected chi connectivity index (χ4v) is 2.29. The maximum Gasteiger partial charge on any atom is 0.0233 e. The molecule has 1 aliphatic heterocycles. The number of hydrogen-bond acceptors (Lipinski definition) is 2. The third-order valence-electron chi connectivity index (χ3n) is 3.85. The summed E-state index contributed by atoms with van der Waals surface area (Å²) in [6.07, 6.45) is 0. The molecule has 1 aromatic carbocycles. The van der Waals surface area contributed by atoms with E-state index in [2.05, 4.69) is 49.9 Å². The molecule has 0 saturated carbocycles. The third-order valence-corrected chi connectivity index (χ3v) is 3.85. The number of rotatable bonds is 3. The highest BCUT2D eigenvalue weighted by Gasteiger charge is 2.35. The van der Waals surface area contributed by atoms with Crippen LogP contribution in [0.25, 0.3) is 0 Å². The third kappa shape index (κ3) is 3.08. The van der Waals surface area contributed by atoms with Crippen LogP contribution in [0.2, 0.25) is 0 Å². The molecule has 94 valence electrons. The molecule has 2 heteroatoms. The molecule has 0 unspecified atom stereocenters. The molecule has 0 radical (unpaired) electrons. The average Bonchev–Trinajstić information content (AvgIpc) is 2.22. The van der Waals surface area contributed by atoms with E-state index in [4.69, 9.17) is 5.73 Å². The molecule has 17 heavy (non-hydrogen) atoms. The van der Waals surface area contributed by atoms with Crippen molar-refractivity contribution in [3.63, 3.8) is 0 Å². The van der Waals surface area contributed by atoms with Crippen LogP contribution in [0.3, 0.4) is 0 Å². The highest BCUT2D eigenvalue weighted by Crippen LogP contribution is 2.34. The van der Waals surface area contributed by atoms with Crippen LogP contribution >= 0.6 is 0 Å². The van der Waals surface area contributed by atoms with Gasteiger partial charge in [0.05, 0.1) is 0 Å². The summed E-state index contributed by atoms with van der Waals surface area (Å²) in [7, 11) is 0. The van der Waals surface area contributed by atoms with Gasteiger partial charge in [0, 0.05) is 26.2 Å². The van der Waals surface area contributed by atoms with Crippen LogP contribution in [-0.4, -0.2) is 18.0 Å². The van der Waals surface area contributed by atoms with E-state index < -0.39 is 0 Å². The molecule has 2 N–H and O–H groups in total. The van der Waals surface area contributed by atoms with E-state index in [-0.39, 0.29) is 0 Å². The van der Waals surface area contributed by atoms with E-state index in [9.17, 15) is 0 Å². The van der Waals surface area contributed by atoms with Crippen LogP contribution in [0.5, 0.6) is 0 Å². The van der Waals surface area contributed by atoms with Gasteiger partial charge in [0.2, 0.25) is 0 Å². The van der Waals surface area contributed by atoms with Gasteiger partial charge < -0.3 is 5.73 Å². The zero-order valence-corrected chi connectivity index (χ0v) is 11.2. The number of nitrogens with zero attached hydrogens (tertiary/aromatic N) is 1. The highest BCUT2D eigenvalue weighted by atomic mass is 15.2. The van der Waals surface area contributed by atoms with Gasteiger partial charge in [0.1, 0.15) is 0 Å². The second-order valence-corrected chi connectivity index (χ2v) is 6.28. The minimum atomic E-state index is 0.458. The smallest absolute Gasteiger partial charge is 0.0233 e. The number of likely N-dealkylation sites (tertiary alicyclic amines) is 1. The molecule has 1 aromatic rings. The number of benzene rings is 1. The summed E-state index contributed by atoms with van der Waals surface area (Å²) < 4.78 is 0. The summed E-state index contributed by atoms with van der Waals surface area (Å²) >= 11 is 0. The van der Waals surface area contributed by atoms with Crippen LogP contribution in [-0.2, 0) is 13.1 Å². The molecule has 0 spiro atoms. The molecule has 1 heterocycles. The molecule has 1 aliphatic rings. The monoisotopic (exact) mass is 232 g/mol. The van der Waals surface area contributed by atoms with E-state index in [0.29, 0.717) is 12.0 Å². The minimum absolute atomic E-state index is 0.458. The van der Waals surface area contributed by atoms with Crippen molar-refractivity contribution in [2.45, 2.75) is 33.9 Å². The molecule has 0 aromatic heterocycles. The topological polar surface area (TPSA) is 29.3 Å². The van der Waals surface area contributed by atoms with Crippen molar-refractivity contribution >= 4 is 0 Å². The lowest BCUT2D eigenvalue weighted by Gasteiger charge is -2.46. The number of nitrogens with two attached hydrogens (primary N) is 1. The molecule has 0 aliphatic carbocycles. The van der Waals surface area contributed by atoms with E-state index in [1.54, 1.807) is 0 Å². The Bertz CT molecular complexity index is 356. The molecule has 2 rings (SSSR count). The average molecular weight is 232 g/mol. The summed E-state index contributed by atoms with van der Waals surface area (Å²) in [6, 6.07) is 8.67. The van der Waals surface area contributed by atoms with Crippen molar-refractivity contribution in [1.82, 2.24) is 4.90 Å². The molecule has 1 saturated heterocycles. The van der Waals surface area contributed by atoms with Crippen LogP contribution in [0.15, 0.2) is 24.3 Å². The quantitative estimate of drug-likeness (QED) is 0.868. The van der Waals surface area contributed by atoms with Gasteiger partial charge >= 0.3 is 0 Å². The van der Waals surface area contributed by atoms with Gasteiger partial charge in [-0.1, -0.05) is 45.0 Å². The second kappa shape index (κ2) is 4.79. The van der Waals surface area contributed by atoms with Crippen molar-refractivity contribution < 1.29 is 0 Å². The zero-order chi connectivity index (χ0) is 12.5. The van der Waals surface area contributed by atoms with Crippen LogP contribution in [0.4, 0.5) is 0 Å². The van der Waals surface area contributed by atoms with E-state index >= 15 is 0 Å². The van der Waals surface area contributed by atoms with Crippen LogP contribution in [0.1, 0.15) is 31.9 Å². The van der Waals surface area contributed by atoms with Gasteiger partial charge in [0.15, 0.2) is 0 Å². The predicted molar refractivity (Wildman–Crippen MR) is 72.6 cm³/mol. The van der Waals surface area contributed by atoms with Gasteiger partial charge in [-0.15, -0.1) is 0 Å². The molecule has 0 amide bonds. The van der Waals surface area contributed by atoms with Crippen molar-refractivity contribution in [2.75, 3.05) is 13.1 Å². The SMILES string of the molecule is CC(C)(C)C1CN(Cc2ccc(CN)cc2)C1. The van der Waals surface area contributed by atoms with Gasteiger partial charge in [0.25, 0.3) is 0 Å². The maximum absolute atomic E-state index is 5.59. The van der Waals surface area contributed by atoms with Gasteiger partial charge in [-0.05, 0) is 22.5 Å². The summed E-state index contributed by atoms with van der Waals surface area (Å²) in [4.78, 5) is 2.52. The molecule has 0 atom stereocenters. The Morgan fingerprint density at radius 1 is 1.12 bits per heavy atom. The standard InChI is InChI=1S/C15H24N2/c1-15(2,3)14-10-17(11-14)9-13-6-4-12(8-16)5-7-13/h4-7,14H,8-11,16H2,1-3H3. The zero-order valence-electron chi connectivity index (χ0n) is 11.2. The first-order valence-corrected chi connectivity index (χ1v) is 6.49. The second-order valence-electron chi connectivity index (χ2n) is 6.28. The van der Waals surface area contributed by atoms with Crippen LogP contribution < -0.4 is 5.73 Å². The van der Waals surface area contributed by atoms with Crippen LogP contribution in [0, 0.1) is 11.3 Å². The number of hydrogen-bond donors (Lipinski definition) is 1. The molecular formula is C15H24N2. The Morgan fingerprint density at radius 2 is 1.65 bits per heavy atom. The molecular weight excluding hydrogens is 208 g/mol. The fourth-order valence-electron chi connectivity index (χ4n) is 2.29. The lowest BCUT2D eigenvalue weighted by atomic mass is 9.76. The summed E-state index contributed by atoms with van der Waals surface area (Å²) in [5, 5.41) is 0. The molecule has 0 bridgehead atoms. The van der Waals surface area contributed by atoms with E-state index in [1.165, 1.54) is 24.2 Å². The van der Waals surface area contributed by atoms with Crippen molar-refractivity contribution in [3.8, 4) is 0 Å². The Morgan fingerprint density at radius 3 is 2.12 bits per heavy atom. The highest BCUT2D eigenvalue weighted by molar-refractivity contribution is 5.22. The lowest BCUT2D eigenvalue weighted by molar-refractivity contribution is 0.0189. The first kappa shape index (κ1) is 12.6. The first-order chi connectivity index (χ1) is 7.99.